The fourth-order valence-electron chi connectivity index (χ4n) is 2.36. The standard InChI is InChI=1S/C13H20BN3O3/c1-12(2)13(3,4)20-14(19-12)10-5-15-8-16-11(10)17-6-9(18)7-17/h5,8-9,18H,6-7H2,1-4H3. The molecule has 0 amide bonds. The molecule has 1 aromatic rings. The van der Waals surface area contributed by atoms with E-state index in [1.807, 2.05) is 32.6 Å². The fourth-order valence-corrected chi connectivity index (χ4v) is 2.36. The van der Waals surface area contributed by atoms with Gasteiger partial charge in [0.25, 0.3) is 0 Å². The van der Waals surface area contributed by atoms with Gasteiger partial charge in [0.2, 0.25) is 0 Å². The molecular formula is C13H20BN3O3. The molecule has 3 heterocycles. The molecule has 2 aliphatic rings. The summed E-state index contributed by atoms with van der Waals surface area (Å²) in [5.41, 5.74) is 0.0384. The van der Waals surface area contributed by atoms with Crippen molar-refractivity contribution >= 4 is 18.4 Å². The van der Waals surface area contributed by atoms with Crippen molar-refractivity contribution in [1.29, 1.82) is 0 Å². The molecule has 0 unspecified atom stereocenters. The fraction of sp³-hybridized carbons (Fsp3) is 0.692. The molecule has 0 spiro atoms. The van der Waals surface area contributed by atoms with E-state index in [2.05, 4.69) is 9.97 Å². The summed E-state index contributed by atoms with van der Waals surface area (Å²) in [6, 6.07) is 0. The van der Waals surface area contributed by atoms with Crippen LogP contribution in [0.4, 0.5) is 5.82 Å². The second kappa shape index (κ2) is 4.41. The normalized spacial score (nSPS) is 24.9. The summed E-state index contributed by atoms with van der Waals surface area (Å²) in [4.78, 5) is 10.4. The number of aliphatic hydroxyl groups is 1. The van der Waals surface area contributed by atoms with Gasteiger partial charge in [0, 0.05) is 24.7 Å². The second-order valence-electron chi connectivity index (χ2n) is 6.45. The monoisotopic (exact) mass is 277 g/mol. The lowest BCUT2D eigenvalue weighted by atomic mass is 9.79. The number of hydrogen-bond acceptors (Lipinski definition) is 6. The number of aromatic nitrogens is 2. The van der Waals surface area contributed by atoms with Crippen LogP contribution in [-0.2, 0) is 9.31 Å². The lowest BCUT2D eigenvalue weighted by molar-refractivity contribution is 0.00578. The Hall–Kier alpha value is -1.18. The molecule has 6 nitrogen and oxygen atoms in total. The molecular weight excluding hydrogens is 257 g/mol. The maximum atomic E-state index is 9.45. The molecule has 0 atom stereocenters. The van der Waals surface area contributed by atoms with Gasteiger partial charge in [0.05, 0.1) is 17.3 Å². The zero-order valence-corrected chi connectivity index (χ0v) is 12.3. The number of hydrogen-bond donors (Lipinski definition) is 1. The summed E-state index contributed by atoms with van der Waals surface area (Å²) in [7, 11) is -0.478. The first-order chi connectivity index (χ1) is 9.30. The van der Waals surface area contributed by atoms with Gasteiger partial charge in [-0.1, -0.05) is 0 Å². The summed E-state index contributed by atoms with van der Waals surface area (Å²) in [5.74, 6) is 0.781. The van der Waals surface area contributed by atoms with Crippen molar-refractivity contribution in [3.05, 3.63) is 12.5 Å². The van der Waals surface area contributed by atoms with Crippen LogP contribution in [0, 0.1) is 0 Å². The highest BCUT2D eigenvalue weighted by Crippen LogP contribution is 2.37. The molecule has 2 fully saturated rings. The Bertz CT molecular complexity index is 501. The third-order valence-corrected chi connectivity index (χ3v) is 4.39. The number of aliphatic hydroxyl groups excluding tert-OH is 1. The minimum Gasteiger partial charge on any atom is -0.399 e. The van der Waals surface area contributed by atoms with Crippen molar-refractivity contribution in [1.82, 2.24) is 9.97 Å². The highest BCUT2D eigenvalue weighted by molar-refractivity contribution is 6.63. The topological polar surface area (TPSA) is 67.7 Å². The first-order valence-electron chi connectivity index (χ1n) is 6.89. The molecule has 108 valence electrons. The molecule has 2 saturated heterocycles. The summed E-state index contributed by atoms with van der Waals surface area (Å²) < 4.78 is 12.1. The van der Waals surface area contributed by atoms with Crippen molar-refractivity contribution in [2.45, 2.75) is 45.0 Å². The molecule has 1 N–H and O–H groups in total. The van der Waals surface area contributed by atoms with Crippen LogP contribution in [0.15, 0.2) is 12.5 Å². The van der Waals surface area contributed by atoms with Gasteiger partial charge >= 0.3 is 7.12 Å². The van der Waals surface area contributed by atoms with E-state index >= 15 is 0 Å². The molecule has 0 bridgehead atoms. The van der Waals surface area contributed by atoms with Crippen LogP contribution in [-0.4, -0.2) is 52.6 Å². The van der Waals surface area contributed by atoms with E-state index in [1.165, 1.54) is 6.33 Å². The van der Waals surface area contributed by atoms with E-state index in [-0.39, 0.29) is 17.3 Å². The highest BCUT2D eigenvalue weighted by atomic mass is 16.7. The molecule has 0 aromatic carbocycles. The van der Waals surface area contributed by atoms with Gasteiger partial charge in [0.15, 0.2) is 0 Å². The van der Waals surface area contributed by atoms with Crippen LogP contribution < -0.4 is 10.4 Å². The highest BCUT2D eigenvalue weighted by Gasteiger charge is 2.53. The van der Waals surface area contributed by atoms with Gasteiger partial charge < -0.3 is 19.3 Å². The summed E-state index contributed by atoms with van der Waals surface area (Å²) in [6.07, 6.45) is 2.96. The zero-order chi connectivity index (χ0) is 14.5. The summed E-state index contributed by atoms with van der Waals surface area (Å²) in [6.45, 7) is 9.24. The van der Waals surface area contributed by atoms with E-state index in [0.29, 0.717) is 13.1 Å². The summed E-state index contributed by atoms with van der Waals surface area (Å²) in [5, 5.41) is 9.45. The van der Waals surface area contributed by atoms with Crippen LogP contribution >= 0.6 is 0 Å². The van der Waals surface area contributed by atoms with Crippen molar-refractivity contribution in [3.8, 4) is 0 Å². The first-order valence-corrected chi connectivity index (χ1v) is 6.89. The Balaban J connectivity index is 1.89. The maximum absolute atomic E-state index is 9.45. The third-order valence-electron chi connectivity index (χ3n) is 4.39. The lowest BCUT2D eigenvalue weighted by Gasteiger charge is -2.37. The predicted octanol–water partition coefficient (Wildman–Crippen LogP) is -0.0433. The number of rotatable bonds is 2. The van der Waals surface area contributed by atoms with E-state index in [0.717, 1.165) is 11.3 Å². The number of nitrogens with zero attached hydrogens (tertiary/aromatic N) is 3. The van der Waals surface area contributed by atoms with E-state index in [9.17, 15) is 5.11 Å². The van der Waals surface area contributed by atoms with Crippen LogP contribution in [0.3, 0.4) is 0 Å². The molecule has 0 aliphatic carbocycles. The van der Waals surface area contributed by atoms with Gasteiger partial charge in [-0.3, -0.25) is 0 Å². The molecule has 1 aromatic heterocycles. The van der Waals surface area contributed by atoms with Crippen molar-refractivity contribution in [3.63, 3.8) is 0 Å². The van der Waals surface area contributed by atoms with E-state index in [1.54, 1.807) is 6.20 Å². The Morgan fingerprint density at radius 1 is 1.25 bits per heavy atom. The predicted molar refractivity (Wildman–Crippen MR) is 76.0 cm³/mol. The largest absolute Gasteiger partial charge is 0.500 e. The average Bonchev–Trinajstić information content (AvgIpc) is 2.55. The van der Waals surface area contributed by atoms with Crippen molar-refractivity contribution in [2.24, 2.45) is 0 Å². The van der Waals surface area contributed by atoms with Crippen LogP contribution in [0.2, 0.25) is 0 Å². The zero-order valence-electron chi connectivity index (χ0n) is 12.3. The van der Waals surface area contributed by atoms with E-state index < -0.39 is 7.12 Å². The van der Waals surface area contributed by atoms with Gasteiger partial charge in [0.1, 0.15) is 12.1 Å². The van der Waals surface area contributed by atoms with Crippen LogP contribution in [0.1, 0.15) is 27.7 Å². The van der Waals surface area contributed by atoms with Crippen LogP contribution in [0.5, 0.6) is 0 Å². The molecule has 0 radical (unpaired) electrons. The molecule has 20 heavy (non-hydrogen) atoms. The SMILES string of the molecule is CC1(C)OB(c2cncnc2N2CC(O)C2)OC1(C)C. The maximum Gasteiger partial charge on any atom is 0.500 e. The Kier molecular flexibility index (Phi) is 3.04. The second-order valence-corrected chi connectivity index (χ2v) is 6.45. The van der Waals surface area contributed by atoms with Crippen molar-refractivity contribution in [2.75, 3.05) is 18.0 Å². The third kappa shape index (κ3) is 2.10. The quantitative estimate of drug-likeness (QED) is 0.765. The van der Waals surface area contributed by atoms with Gasteiger partial charge in [-0.25, -0.2) is 9.97 Å². The molecule has 2 aliphatic heterocycles. The smallest absolute Gasteiger partial charge is 0.399 e. The Morgan fingerprint density at radius 2 is 1.85 bits per heavy atom. The minimum atomic E-state index is -0.478. The Labute approximate surface area is 119 Å². The Morgan fingerprint density at radius 3 is 2.40 bits per heavy atom. The van der Waals surface area contributed by atoms with Gasteiger partial charge in [-0.15, -0.1) is 0 Å². The van der Waals surface area contributed by atoms with E-state index in [4.69, 9.17) is 9.31 Å². The van der Waals surface area contributed by atoms with Crippen LogP contribution in [0.25, 0.3) is 0 Å². The first kappa shape index (κ1) is 13.8. The number of β-amino-alcohol motifs (C(OH)–C–C–N with tert-alkyl or cyclic N) is 1. The van der Waals surface area contributed by atoms with Gasteiger partial charge in [-0.2, -0.15) is 0 Å². The average molecular weight is 277 g/mol. The van der Waals surface area contributed by atoms with Crippen molar-refractivity contribution < 1.29 is 14.4 Å². The summed E-state index contributed by atoms with van der Waals surface area (Å²) >= 11 is 0. The minimum absolute atomic E-state index is 0.281. The van der Waals surface area contributed by atoms with Gasteiger partial charge in [-0.05, 0) is 27.7 Å². The number of anilines is 1. The lowest BCUT2D eigenvalue weighted by Crippen LogP contribution is -2.54. The molecule has 0 saturated carbocycles. The molecule has 7 heteroatoms. The molecule has 3 rings (SSSR count).